The molecule has 1 aromatic heterocycles. The van der Waals surface area contributed by atoms with Crippen LogP contribution < -0.4 is 5.32 Å². The van der Waals surface area contributed by atoms with Gasteiger partial charge in [0.15, 0.2) is 0 Å². The number of fused-ring (bicyclic) bond motifs is 1. The van der Waals surface area contributed by atoms with Crippen molar-refractivity contribution in [2.24, 2.45) is 0 Å². The molecule has 6 heteroatoms. The Balaban J connectivity index is 1.73. The zero-order chi connectivity index (χ0) is 22.8. The quantitative estimate of drug-likeness (QED) is 0.501. The zero-order valence-electron chi connectivity index (χ0n) is 19.0. The number of rotatable bonds is 5. The molecule has 2 aromatic carbocycles. The minimum Gasteiger partial charge on any atom is -0.508 e. The molecule has 3 heterocycles. The predicted molar refractivity (Wildman–Crippen MR) is 129 cm³/mol. The van der Waals surface area contributed by atoms with Crippen molar-refractivity contribution in [2.45, 2.75) is 44.7 Å². The zero-order valence-corrected chi connectivity index (χ0v) is 19.0. The van der Waals surface area contributed by atoms with E-state index in [1.807, 2.05) is 30.3 Å². The van der Waals surface area contributed by atoms with Gasteiger partial charge in [0.25, 0.3) is 0 Å². The molecule has 0 amide bonds. The topological polar surface area (TPSA) is 82.5 Å². The second kappa shape index (κ2) is 9.12. The van der Waals surface area contributed by atoms with Crippen molar-refractivity contribution >= 4 is 16.9 Å². The summed E-state index contributed by atoms with van der Waals surface area (Å²) in [6, 6.07) is 15.2. The summed E-state index contributed by atoms with van der Waals surface area (Å²) in [5.74, 6) is -0.840. The number of benzene rings is 2. The van der Waals surface area contributed by atoms with E-state index in [1.165, 1.54) is 19.3 Å². The van der Waals surface area contributed by atoms with E-state index in [-0.39, 0.29) is 5.75 Å². The number of phenols is 1. The summed E-state index contributed by atoms with van der Waals surface area (Å²) < 4.78 is 0.951. The number of aromatic nitrogens is 1. The van der Waals surface area contributed by atoms with Gasteiger partial charge in [-0.2, -0.15) is 0 Å². The van der Waals surface area contributed by atoms with Gasteiger partial charge in [0.05, 0.1) is 35.9 Å². The summed E-state index contributed by atoms with van der Waals surface area (Å²) in [4.78, 5) is 17.7. The number of quaternary nitrogens is 1. The van der Waals surface area contributed by atoms with Crippen molar-refractivity contribution < 1.29 is 19.5 Å². The molecule has 3 aromatic rings. The molecule has 172 valence electrons. The van der Waals surface area contributed by atoms with Gasteiger partial charge in [0.2, 0.25) is 0 Å². The van der Waals surface area contributed by atoms with Crippen LogP contribution in [0.5, 0.6) is 5.75 Å². The first-order valence-electron chi connectivity index (χ1n) is 12.1. The van der Waals surface area contributed by atoms with Crippen molar-refractivity contribution in [1.29, 1.82) is 0 Å². The summed E-state index contributed by atoms with van der Waals surface area (Å²) in [5, 5.41) is 24.6. The number of likely N-dealkylation sites (tertiary alicyclic amines) is 1. The molecule has 0 spiro atoms. The molecule has 0 radical (unpaired) electrons. The number of hydrogen-bond acceptors (Lipinski definition) is 4. The summed E-state index contributed by atoms with van der Waals surface area (Å²) in [5.41, 5.74) is 3.31. The van der Waals surface area contributed by atoms with Crippen LogP contribution in [0.4, 0.5) is 0 Å². The lowest BCUT2D eigenvalue weighted by molar-refractivity contribution is -0.968. The van der Waals surface area contributed by atoms with E-state index in [2.05, 4.69) is 5.32 Å². The van der Waals surface area contributed by atoms with Crippen molar-refractivity contribution in [1.82, 2.24) is 10.3 Å². The Labute approximate surface area is 194 Å². The molecule has 2 saturated heterocycles. The van der Waals surface area contributed by atoms with Crippen LogP contribution in [-0.4, -0.2) is 57.9 Å². The number of phenolic OH excluding ortho intramolecular Hbond substituents is 1. The molecule has 0 unspecified atom stereocenters. The predicted octanol–water partition coefficient (Wildman–Crippen LogP) is 4.56. The van der Waals surface area contributed by atoms with Crippen LogP contribution in [0.15, 0.2) is 48.5 Å². The SMILES string of the molecule is O=C(O)c1c(C[N+]2(C3CCNCC3)CCCCC2)c(-c2ccccc2)nc2cc(O)ccc12. The van der Waals surface area contributed by atoms with Gasteiger partial charge in [0, 0.05) is 48.5 Å². The molecule has 0 atom stereocenters. The molecule has 2 aliphatic heterocycles. The maximum Gasteiger partial charge on any atom is 0.336 e. The van der Waals surface area contributed by atoms with Crippen LogP contribution in [-0.2, 0) is 6.54 Å². The number of carboxylic acids is 1. The van der Waals surface area contributed by atoms with Crippen molar-refractivity contribution in [3.8, 4) is 17.0 Å². The summed E-state index contributed by atoms with van der Waals surface area (Å²) >= 11 is 0. The molecule has 0 saturated carbocycles. The molecule has 6 nitrogen and oxygen atoms in total. The van der Waals surface area contributed by atoms with Crippen LogP contribution in [0.2, 0.25) is 0 Å². The fraction of sp³-hybridized carbons (Fsp3) is 0.407. The smallest absolute Gasteiger partial charge is 0.336 e. The first-order valence-corrected chi connectivity index (χ1v) is 12.1. The van der Waals surface area contributed by atoms with Crippen molar-refractivity contribution in [3.63, 3.8) is 0 Å². The van der Waals surface area contributed by atoms with Gasteiger partial charge >= 0.3 is 5.97 Å². The Morgan fingerprint density at radius 1 is 1.03 bits per heavy atom. The number of nitrogens with zero attached hydrogens (tertiary/aromatic N) is 2. The number of aromatic carboxylic acids is 1. The van der Waals surface area contributed by atoms with E-state index in [1.54, 1.807) is 18.2 Å². The Bertz CT molecular complexity index is 1150. The van der Waals surface area contributed by atoms with Crippen molar-refractivity contribution in [3.05, 3.63) is 59.7 Å². The molecular formula is C27H32N3O3+. The highest BCUT2D eigenvalue weighted by molar-refractivity contribution is 6.06. The number of hydrogen-bond donors (Lipinski definition) is 3. The van der Waals surface area contributed by atoms with E-state index < -0.39 is 5.97 Å². The highest BCUT2D eigenvalue weighted by atomic mass is 16.4. The third kappa shape index (κ3) is 4.21. The summed E-state index contributed by atoms with van der Waals surface area (Å²) in [6.07, 6.45) is 5.86. The molecule has 2 aliphatic rings. The Morgan fingerprint density at radius 3 is 2.45 bits per heavy atom. The lowest BCUT2D eigenvalue weighted by Crippen LogP contribution is -2.60. The van der Waals surface area contributed by atoms with Crippen LogP contribution in [0.3, 0.4) is 0 Å². The minimum atomic E-state index is -0.930. The molecule has 0 bridgehead atoms. The number of carbonyl (C=O) groups is 1. The number of nitrogens with one attached hydrogen (secondary N) is 1. The number of aromatic hydroxyl groups is 1. The summed E-state index contributed by atoms with van der Waals surface area (Å²) in [6.45, 7) is 4.91. The average Bonchev–Trinajstić information content (AvgIpc) is 2.85. The first-order chi connectivity index (χ1) is 16.1. The van der Waals surface area contributed by atoms with Gasteiger partial charge in [-0.25, -0.2) is 9.78 Å². The number of piperidine rings is 2. The number of carboxylic acid groups (broad SMARTS) is 1. The van der Waals surface area contributed by atoms with Crippen LogP contribution in [0.25, 0.3) is 22.2 Å². The van der Waals surface area contributed by atoms with E-state index >= 15 is 0 Å². The van der Waals surface area contributed by atoms with Crippen LogP contribution in [0, 0.1) is 0 Å². The van der Waals surface area contributed by atoms with E-state index in [0.29, 0.717) is 29.1 Å². The maximum atomic E-state index is 12.7. The van der Waals surface area contributed by atoms with Crippen LogP contribution >= 0.6 is 0 Å². The summed E-state index contributed by atoms with van der Waals surface area (Å²) in [7, 11) is 0. The van der Waals surface area contributed by atoms with Gasteiger partial charge in [0.1, 0.15) is 12.3 Å². The van der Waals surface area contributed by atoms with Crippen LogP contribution in [0.1, 0.15) is 48.0 Å². The van der Waals surface area contributed by atoms with Gasteiger partial charge < -0.3 is 20.0 Å². The monoisotopic (exact) mass is 446 g/mol. The van der Waals surface area contributed by atoms with Gasteiger partial charge in [-0.05, 0) is 31.4 Å². The largest absolute Gasteiger partial charge is 0.508 e. The minimum absolute atomic E-state index is 0.0901. The third-order valence-electron chi connectivity index (χ3n) is 7.59. The second-order valence-electron chi connectivity index (χ2n) is 9.55. The highest BCUT2D eigenvalue weighted by Gasteiger charge is 2.41. The maximum absolute atomic E-state index is 12.7. The average molecular weight is 447 g/mol. The Kier molecular flexibility index (Phi) is 6.04. The highest BCUT2D eigenvalue weighted by Crippen LogP contribution is 2.37. The van der Waals surface area contributed by atoms with E-state index in [0.717, 1.165) is 60.3 Å². The second-order valence-corrected chi connectivity index (χ2v) is 9.55. The standard InChI is InChI=1S/C27H31N3O3/c31-21-9-10-22-24(17-21)29-26(19-7-3-1-4-8-19)23(25(22)27(32)33)18-30(15-5-2-6-16-30)20-11-13-28-14-12-20/h1,3-4,7-10,17,20,28H,2,5-6,11-16,18H2,(H-,29,31,32,33)/p+1. The van der Waals surface area contributed by atoms with Gasteiger partial charge in [-0.1, -0.05) is 30.3 Å². The van der Waals surface area contributed by atoms with Gasteiger partial charge in [-0.3, -0.25) is 0 Å². The molecular weight excluding hydrogens is 414 g/mol. The Morgan fingerprint density at radius 2 is 1.76 bits per heavy atom. The Hall–Kier alpha value is -2.96. The first kappa shape index (κ1) is 21.9. The lowest BCUT2D eigenvalue weighted by atomic mass is 9.91. The van der Waals surface area contributed by atoms with E-state index in [4.69, 9.17) is 4.98 Å². The molecule has 3 N–H and O–H groups in total. The van der Waals surface area contributed by atoms with Gasteiger partial charge in [-0.15, -0.1) is 0 Å². The molecule has 2 fully saturated rings. The molecule has 5 rings (SSSR count). The fourth-order valence-corrected chi connectivity index (χ4v) is 5.99. The molecule has 33 heavy (non-hydrogen) atoms. The number of pyridine rings is 1. The lowest BCUT2D eigenvalue weighted by Gasteiger charge is -2.49. The normalized spacial score (nSPS) is 18.9. The fourth-order valence-electron chi connectivity index (χ4n) is 5.99. The third-order valence-corrected chi connectivity index (χ3v) is 7.59. The van der Waals surface area contributed by atoms with Crippen molar-refractivity contribution in [2.75, 3.05) is 26.2 Å². The molecule has 0 aliphatic carbocycles. The van der Waals surface area contributed by atoms with E-state index in [9.17, 15) is 15.0 Å².